The van der Waals surface area contributed by atoms with Crippen molar-refractivity contribution < 1.29 is 4.79 Å². The number of aryl methyl sites for hydroxylation is 2. The van der Waals surface area contributed by atoms with E-state index in [9.17, 15) is 4.79 Å². The van der Waals surface area contributed by atoms with Crippen molar-refractivity contribution in [1.82, 2.24) is 14.7 Å². The summed E-state index contributed by atoms with van der Waals surface area (Å²) in [7, 11) is 1.72. The van der Waals surface area contributed by atoms with Crippen molar-refractivity contribution in [2.24, 2.45) is 13.0 Å². The maximum atomic E-state index is 12.4. The Morgan fingerprint density at radius 3 is 2.68 bits per heavy atom. The standard InChI is InChI=1S/C19H25ClN4O/c1-13-5-4-10-24(11-13)12-15-6-8-16(9-7-15)21-19(25)17-14(2)22-23(3)18(17)20/h6-9,13H,4-5,10-12H2,1-3H3,(H,21,25). The lowest BCUT2D eigenvalue weighted by atomic mass is 10.00. The maximum Gasteiger partial charge on any atom is 0.260 e. The first-order valence-electron chi connectivity index (χ1n) is 8.75. The summed E-state index contributed by atoms with van der Waals surface area (Å²) in [5.41, 5.74) is 3.08. The summed E-state index contributed by atoms with van der Waals surface area (Å²) in [5, 5.41) is 7.43. The lowest BCUT2D eigenvalue weighted by Crippen LogP contribution is -2.33. The number of halogens is 1. The summed E-state index contributed by atoms with van der Waals surface area (Å²) in [6.45, 7) is 7.39. The van der Waals surface area contributed by atoms with Gasteiger partial charge in [-0.05, 0) is 49.9 Å². The fourth-order valence-corrected chi connectivity index (χ4v) is 3.72. The molecule has 5 nitrogen and oxygen atoms in total. The second-order valence-corrected chi connectivity index (χ2v) is 7.37. The van der Waals surface area contributed by atoms with Crippen molar-refractivity contribution in [3.05, 3.63) is 46.2 Å². The van der Waals surface area contributed by atoms with E-state index in [1.807, 2.05) is 12.1 Å². The summed E-state index contributed by atoms with van der Waals surface area (Å²) < 4.78 is 1.51. The number of nitrogens with zero attached hydrogens (tertiary/aromatic N) is 3. The molecule has 2 heterocycles. The van der Waals surface area contributed by atoms with Gasteiger partial charge in [-0.2, -0.15) is 5.10 Å². The number of rotatable bonds is 4. The third-order valence-electron chi connectivity index (χ3n) is 4.74. The van der Waals surface area contributed by atoms with E-state index in [4.69, 9.17) is 11.6 Å². The number of nitrogens with one attached hydrogen (secondary N) is 1. The van der Waals surface area contributed by atoms with Crippen LogP contribution in [0.1, 0.15) is 41.4 Å². The predicted octanol–water partition coefficient (Wildman–Crippen LogP) is 3.87. The fourth-order valence-electron chi connectivity index (χ4n) is 3.46. The molecule has 0 aliphatic carbocycles. The zero-order valence-corrected chi connectivity index (χ0v) is 15.8. The van der Waals surface area contributed by atoms with Crippen molar-refractivity contribution in [2.45, 2.75) is 33.2 Å². The average Bonchev–Trinajstić information content (AvgIpc) is 2.82. The highest BCUT2D eigenvalue weighted by molar-refractivity contribution is 6.33. The molecule has 0 saturated carbocycles. The molecule has 1 aromatic carbocycles. The quantitative estimate of drug-likeness (QED) is 0.900. The number of anilines is 1. The minimum Gasteiger partial charge on any atom is -0.322 e. The van der Waals surface area contributed by atoms with Crippen LogP contribution < -0.4 is 5.32 Å². The lowest BCUT2D eigenvalue weighted by Gasteiger charge is -2.30. The molecule has 1 aliphatic rings. The number of amides is 1. The van der Waals surface area contributed by atoms with Gasteiger partial charge in [0, 0.05) is 25.8 Å². The third kappa shape index (κ3) is 4.22. The van der Waals surface area contributed by atoms with E-state index in [1.165, 1.54) is 29.6 Å². The van der Waals surface area contributed by atoms with Gasteiger partial charge in [-0.15, -0.1) is 0 Å². The van der Waals surface area contributed by atoms with Crippen LogP contribution in [0.5, 0.6) is 0 Å². The van der Waals surface area contributed by atoms with Gasteiger partial charge in [0.2, 0.25) is 0 Å². The van der Waals surface area contributed by atoms with Gasteiger partial charge < -0.3 is 5.32 Å². The average molecular weight is 361 g/mol. The van der Waals surface area contributed by atoms with E-state index < -0.39 is 0 Å². The van der Waals surface area contributed by atoms with Crippen LogP contribution in [-0.4, -0.2) is 33.7 Å². The molecule has 1 fully saturated rings. The second kappa shape index (κ2) is 7.58. The van der Waals surface area contributed by atoms with Gasteiger partial charge in [-0.3, -0.25) is 14.4 Å². The molecule has 1 aromatic heterocycles. The van der Waals surface area contributed by atoms with E-state index >= 15 is 0 Å². The van der Waals surface area contributed by atoms with E-state index in [-0.39, 0.29) is 5.91 Å². The topological polar surface area (TPSA) is 50.2 Å². The highest BCUT2D eigenvalue weighted by atomic mass is 35.5. The Balaban J connectivity index is 1.63. The molecule has 1 aliphatic heterocycles. The zero-order valence-electron chi connectivity index (χ0n) is 15.1. The van der Waals surface area contributed by atoms with Crippen LogP contribution in [-0.2, 0) is 13.6 Å². The molecule has 1 amide bonds. The Labute approximate surface area is 154 Å². The zero-order chi connectivity index (χ0) is 18.0. The molecule has 3 rings (SSSR count). The highest BCUT2D eigenvalue weighted by Crippen LogP contribution is 2.21. The Morgan fingerprint density at radius 2 is 2.08 bits per heavy atom. The minimum absolute atomic E-state index is 0.229. The second-order valence-electron chi connectivity index (χ2n) is 7.01. The summed E-state index contributed by atoms with van der Waals surface area (Å²) in [4.78, 5) is 15.0. The molecule has 1 saturated heterocycles. The monoisotopic (exact) mass is 360 g/mol. The maximum absolute atomic E-state index is 12.4. The van der Waals surface area contributed by atoms with Crippen molar-refractivity contribution in [3.8, 4) is 0 Å². The Morgan fingerprint density at radius 1 is 1.36 bits per heavy atom. The van der Waals surface area contributed by atoms with E-state index in [2.05, 4.69) is 34.4 Å². The van der Waals surface area contributed by atoms with Crippen LogP contribution in [0.3, 0.4) is 0 Å². The van der Waals surface area contributed by atoms with Crippen LogP contribution in [0.4, 0.5) is 5.69 Å². The molecule has 25 heavy (non-hydrogen) atoms. The molecular formula is C19H25ClN4O. The molecule has 1 N–H and O–H groups in total. The molecule has 134 valence electrons. The van der Waals surface area contributed by atoms with Gasteiger partial charge in [-0.1, -0.05) is 30.7 Å². The first kappa shape index (κ1) is 18.0. The molecule has 0 spiro atoms. The predicted molar refractivity (Wildman–Crippen MR) is 101 cm³/mol. The lowest BCUT2D eigenvalue weighted by molar-refractivity contribution is 0.102. The minimum atomic E-state index is -0.229. The number of aromatic nitrogens is 2. The third-order valence-corrected chi connectivity index (χ3v) is 5.17. The first-order valence-corrected chi connectivity index (χ1v) is 9.13. The number of hydrogen-bond acceptors (Lipinski definition) is 3. The molecule has 0 radical (unpaired) electrons. The Bertz CT molecular complexity index is 754. The molecule has 6 heteroatoms. The van der Waals surface area contributed by atoms with Crippen LogP contribution in [0, 0.1) is 12.8 Å². The molecule has 0 bridgehead atoms. The SMILES string of the molecule is Cc1nn(C)c(Cl)c1C(=O)Nc1ccc(CN2CCCC(C)C2)cc1. The number of carbonyl (C=O) groups is 1. The van der Waals surface area contributed by atoms with Crippen LogP contribution in [0.15, 0.2) is 24.3 Å². The summed E-state index contributed by atoms with van der Waals surface area (Å²) >= 11 is 6.15. The molecule has 2 aromatic rings. The fraction of sp³-hybridized carbons (Fsp3) is 0.474. The number of piperidine rings is 1. The van der Waals surface area contributed by atoms with E-state index in [1.54, 1.807) is 14.0 Å². The first-order chi connectivity index (χ1) is 11.9. The largest absolute Gasteiger partial charge is 0.322 e. The van der Waals surface area contributed by atoms with Crippen LogP contribution in [0.2, 0.25) is 5.15 Å². The van der Waals surface area contributed by atoms with Gasteiger partial charge in [0.1, 0.15) is 5.15 Å². The van der Waals surface area contributed by atoms with E-state index in [0.29, 0.717) is 16.4 Å². The smallest absolute Gasteiger partial charge is 0.260 e. The Kier molecular flexibility index (Phi) is 5.45. The van der Waals surface area contributed by atoms with Crippen molar-refractivity contribution in [2.75, 3.05) is 18.4 Å². The van der Waals surface area contributed by atoms with Crippen molar-refractivity contribution in [1.29, 1.82) is 0 Å². The number of benzene rings is 1. The molecule has 1 atom stereocenters. The van der Waals surface area contributed by atoms with Crippen LogP contribution in [0.25, 0.3) is 0 Å². The summed E-state index contributed by atoms with van der Waals surface area (Å²) in [6, 6.07) is 8.04. The van der Waals surface area contributed by atoms with Crippen LogP contribution >= 0.6 is 11.6 Å². The molecular weight excluding hydrogens is 336 g/mol. The molecule has 1 unspecified atom stereocenters. The summed E-state index contributed by atoms with van der Waals surface area (Å²) in [6.07, 6.45) is 2.61. The van der Waals surface area contributed by atoms with E-state index in [0.717, 1.165) is 24.7 Å². The number of carbonyl (C=O) groups excluding carboxylic acids is 1. The highest BCUT2D eigenvalue weighted by Gasteiger charge is 2.19. The van der Waals surface area contributed by atoms with Gasteiger partial charge in [-0.25, -0.2) is 0 Å². The van der Waals surface area contributed by atoms with Gasteiger partial charge >= 0.3 is 0 Å². The summed E-state index contributed by atoms with van der Waals surface area (Å²) in [5.74, 6) is 0.549. The van der Waals surface area contributed by atoms with Gasteiger partial charge in [0.15, 0.2) is 0 Å². The number of likely N-dealkylation sites (tertiary alicyclic amines) is 1. The normalized spacial score (nSPS) is 18.3. The van der Waals surface area contributed by atoms with Crippen molar-refractivity contribution in [3.63, 3.8) is 0 Å². The Hall–Kier alpha value is -1.85. The van der Waals surface area contributed by atoms with Crippen molar-refractivity contribution >= 4 is 23.2 Å². The van der Waals surface area contributed by atoms with Gasteiger partial charge in [0.05, 0.1) is 11.3 Å². The van der Waals surface area contributed by atoms with Gasteiger partial charge in [0.25, 0.3) is 5.91 Å². The number of hydrogen-bond donors (Lipinski definition) is 1.